The number of fused-ring (bicyclic) bond motifs is 2. The molecule has 1 fully saturated rings. The Labute approximate surface area is 157 Å². The molecular weight excluding hydrogens is 366 g/mol. The standard InChI is InChI=1S/C19H19N3O4S/c23-18(20-14-7-2-1-3-8-14)13-21-15-9-4-5-11-17(15)27(25,26)22-12-6-10-16(22)19(21)24/h1-5,7-9,11,16H,6,10,12-13H2,(H,20,23). The summed E-state index contributed by atoms with van der Waals surface area (Å²) in [6, 6.07) is 14.5. The third-order valence-electron chi connectivity index (χ3n) is 4.86. The van der Waals surface area contributed by atoms with E-state index in [1.165, 1.54) is 15.3 Å². The molecule has 0 aromatic heterocycles. The van der Waals surface area contributed by atoms with Gasteiger partial charge in [-0.1, -0.05) is 30.3 Å². The van der Waals surface area contributed by atoms with Crippen molar-refractivity contribution in [2.75, 3.05) is 23.3 Å². The fourth-order valence-electron chi connectivity index (χ4n) is 3.63. The van der Waals surface area contributed by atoms with Crippen molar-refractivity contribution in [3.63, 3.8) is 0 Å². The number of benzene rings is 2. The predicted molar refractivity (Wildman–Crippen MR) is 101 cm³/mol. The number of carbonyl (C=O) groups excluding carboxylic acids is 2. The van der Waals surface area contributed by atoms with Crippen LogP contribution in [0.25, 0.3) is 0 Å². The van der Waals surface area contributed by atoms with Gasteiger partial charge in [0.2, 0.25) is 21.8 Å². The summed E-state index contributed by atoms with van der Waals surface area (Å²) in [6.45, 7) is 0.0712. The first-order valence-corrected chi connectivity index (χ1v) is 10.2. The number of hydrogen-bond donors (Lipinski definition) is 1. The fraction of sp³-hybridized carbons (Fsp3) is 0.263. The van der Waals surface area contributed by atoms with Gasteiger partial charge in [0.25, 0.3) is 0 Å². The molecule has 0 spiro atoms. The van der Waals surface area contributed by atoms with E-state index in [1.807, 2.05) is 6.07 Å². The van der Waals surface area contributed by atoms with Crippen LogP contribution in [0, 0.1) is 0 Å². The van der Waals surface area contributed by atoms with E-state index in [0.29, 0.717) is 25.1 Å². The fourth-order valence-corrected chi connectivity index (χ4v) is 5.47. The van der Waals surface area contributed by atoms with Crippen molar-refractivity contribution in [3.8, 4) is 0 Å². The number of nitrogens with zero attached hydrogens (tertiary/aromatic N) is 2. The first-order chi connectivity index (χ1) is 13.0. The van der Waals surface area contributed by atoms with E-state index < -0.39 is 16.1 Å². The molecule has 27 heavy (non-hydrogen) atoms. The minimum absolute atomic E-state index is 0.0651. The largest absolute Gasteiger partial charge is 0.325 e. The molecule has 0 bridgehead atoms. The summed E-state index contributed by atoms with van der Waals surface area (Å²) < 4.78 is 27.3. The maximum absolute atomic E-state index is 13.1. The zero-order valence-corrected chi connectivity index (χ0v) is 15.4. The van der Waals surface area contributed by atoms with Crippen molar-refractivity contribution in [2.24, 2.45) is 0 Å². The number of sulfonamides is 1. The molecular formula is C19H19N3O4S. The lowest BCUT2D eigenvalue weighted by molar-refractivity contribution is -0.123. The quantitative estimate of drug-likeness (QED) is 0.873. The zero-order chi connectivity index (χ0) is 19.0. The zero-order valence-electron chi connectivity index (χ0n) is 14.5. The highest BCUT2D eigenvalue weighted by molar-refractivity contribution is 7.89. The lowest BCUT2D eigenvalue weighted by atomic mass is 10.1. The van der Waals surface area contributed by atoms with Gasteiger partial charge in [-0.25, -0.2) is 8.42 Å². The van der Waals surface area contributed by atoms with Gasteiger partial charge in [0.15, 0.2) is 0 Å². The van der Waals surface area contributed by atoms with Gasteiger partial charge in [0.05, 0.1) is 5.69 Å². The summed E-state index contributed by atoms with van der Waals surface area (Å²) >= 11 is 0. The van der Waals surface area contributed by atoms with Crippen LogP contribution in [0.5, 0.6) is 0 Å². The predicted octanol–water partition coefficient (Wildman–Crippen LogP) is 1.82. The van der Waals surface area contributed by atoms with Crippen molar-refractivity contribution in [3.05, 3.63) is 54.6 Å². The average molecular weight is 385 g/mol. The lowest BCUT2D eigenvalue weighted by Gasteiger charge is -2.24. The number of nitrogens with one attached hydrogen (secondary N) is 1. The molecule has 7 nitrogen and oxygen atoms in total. The maximum atomic E-state index is 13.1. The molecule has 0 radical (unpaired) electrons. The molecule has 1 atom stereocenters. The van der Waals surface area contributed by atoms with Crippen LogP contribution < -0.4 is 10.2 Å². The van der Waals surface area contributed by atoms with E-state index in [1.54, 1.807) is 42.5 Å². The second-order valence-corrected chi connectivity index (χ2v) is 8.44. The molecule has 2 heterocycles. The average Bonchev–Trinajstić information content (AvgIpc) is 3.15. The molecule has 1 unspecified atom stereocenters. The van der Waals surface area contributed by atoms with Crippen molar-refractivity contribution in [1.82, 2.24) is 4.31 Å². The maximum Gasteiger partial charge on any atom is 0.245 e. The van der Waals surface area contributed by atoms with E-state index in [2.05, 4.69) is 5.32 Å². The van der Waals surface area contributed by atoms with Crippen LogP contribution in [0.2, 0.25) is 0 Å². The molecule has 2 aromatic carbocycles. The monoisotopic (exact) mass is 385 g/mol. The minimum atomic E-state index is -3.78. The second-order valence-electron chi connectivity index (χ2n) is 6.58. The number of para-hydroxylation sites is 2. The van der Waals surface area contributed by atoms with Crippen LogP contribution in [0.4, 0.5) is 11.4 Å². The second kappa shape index (κ2) is 6.79. The van der Waals surface area contributed by atoms with Gasteiger partial charge < -0.3 is 10.2 Å². The summed E-state index contributed by atoms with van der Waals surface area (Å²) in [7, 11) is -3.78. The Morgan fingerprint density at radius 3 is 2.56 bits per heavy atom. The Bertz CT molecular complexity index is 991. The Kier molecular flexibility index (Phi) is 4.45. The molecule has 2 aromatic rings. The number of hydrogen-bond acceptors (Lipinski definition) is 4. The smallest absolute Gasteiger partial charge is 0.245 e. The summed E-state index contributed by atoms with van der Waals surface area (Å²) in [5.41, 5.74) is 0.869. The summed E-state index contributed by atoms with van der Waals surface area (Å²) in [6.07, 6.45) is 1.09. The molecule has 1 saturated heterocycles. The van der Waals surface area contributed by atoms with Crippen LogP contribution in [-0.4, -0.2) is 43.7 Å². The number of amides is 2. The minimum Gasteiger partial charge on any atom is -0.325 e. The van der Waals surface area contributed by atoms with E-state index in [4.69, 9.17) is 0 Å². The SMILES string of the molecule is O=C(CN1C(=O)C2CCCN2S(=O)(=O)c2ccccc21)Nc1ccccc1. The van der Waals surface area contributed by atoms with E-state index in [0.717, 1.165) is 0 Å². The Morgan fingerprint density at radius 2 is 1.78 bits per heavy atom. The van der Waals surface area contributed by atoms with E-state index in [-0.39, 0.29) is 28.9 Å². The van der Waals surface area contributed by atoms with Crippen LogP contribution >= 0.6 is 0 Å². The molecule has 2 aliphatic heterocycles. The normalized spacial score (nSPS) is 21.3. The first-order valence-electron chi connectivity index (χ1n) is 8.75. The van der Waals surface area contributed by atoms with Crippen molar-refractivity contribution < 1.29 is 18.0 Å². The molecule has 1 N–H and O–H groups in total. The third-order valence-corrected chi connectivity index (χ3v) is 6.81. The van der Waals surface area contributed by atoms with Crippen LogP contribution in [0.3, 0.4) is 0 Å². The molecule has 2 aliphatic rings. The van der Waals surface area contributed by atoms with Gasteiger partial charge in [-0.3, -0.25) is 9.59 Å². The third kappa shape index (κ3) is 3.11. The highest BCUT2D eigenvalue weighted by Crippen LogP contribution is 2.37. The van der Waals surface area contributed by atoms with E-state index in [9.17, 15) is 18.0 Å². The topological polar surface area (TPSA) is 86.8 Å². The number of anilines is 2. The highest BCUT2D eigenvalue weighted by Gasteiger charge is 2.46. The molecule has 4 rings (SSSR count). The van der Waals surface area contributed by atoms with Crippen LogP contribution in [0.15, 0.2) is 59.5 Å². The number of carbonyl (C=O) groups is 2. The summed E-state index contributed by atoms with van der Waals surface area (Å²) in [5, 5.41) is 2.75. The number of rotatable bonds is 3. The van der Waals surface area contributed by atoms with Gasteiger partial charge in [-0.2, -0.15) is 4.31 Å². The van der Waals surface area contributed by atoms with Gasteiger partial charge >= 0.3 is 0 Å². The summed E-state index contributed by atoms with van der Waals surface area (Å²) in [4.78, 5) is 27.0. The molecule has 140 valence electrons. The van der Waals surface area contributed by atoms with Crippen molar-refractivity contribution in [1.29, 1.82) is 0 Å². The first kappa shape index (κ1) is 17.7. The van der Waals surface area contributed by atoms with E-state index >= 15 is 0 Å². The van der Waals surface area contributed by atoms with Crippen molar-refractivity contribution in [2.45, 2.75) is 23.8 Å². The van der Waals surface area contributed by atoms with Gasteiger partial charge in [-0.15, -0.1) is 0 Å². The highest BCUT2D eigenvalue weighted by atomic mass is 32.2. The lowest BCUT2D eigenvalue weighted by Crippen LogP contribution is -2.47. The Hall–Kier alpha value is -2.71. The van der Waals surface area contributed by atoms with Gasteiger partial charge in [-0.05, 0) is 37.1 Å². The molecule has 8 heteroatoms. The van der Waals surface area contributed by atoms with Gasteiger partial charge in [0, 0.05) is 12.2 Å². The van der Waals surface area contributed by atoms with Crippen molar-refractivity contribution >= 4 is 33.2 Å². The summed E-state index contributed by atoms with van der Waals surface area (Å²) in [5.74, 6) is -0.738. The van der Waals surface area contributed by atoms with Crippen LogP contribution in [-0.2, 0) is 19.6 Å². The Morgan fingerprint density at radius 1 is 1.07 bits per heavy atom. The van der Waals surface area contributed by atoms with Crippen LogP contribution in [0.1, 0.15) is 12.8 Å². The van der Waals surface area contributed by atoms with Gasteiger partial charge in [0.1, 0.15) is 17.5 Å². The molecule has 2 amide bonds. The molecule has 0 aliphatic carbocycles. The Balaban J connectivity index is 1.70. The molecule has 0 saturated carbocycles.